The second-order valence-electron chi connectivity index (χ2n) is 6.22. The van der Waals surface area contributed by atoms with E-state index in [1.165, 1.54) is 24.3 Å². The van der Waals surface area contributed by atoms with Gasteiger partial charge in [-0.2, -0.15) is 0 Å². The van der Waals surface area contributed by atoms with E-state index < -0.39 is 5.82 Å². The van der Waals surface area contributed by atoms with Gasteiger partial charge in [0.05, 0.1) is 0 Å². The molecule has 0 unspecified atom stereocenters. The van der Waals surface area contributed by atoms with Crippen molar-refractivity contribution in [1.29, 1.82) is 0 Å². The molecule has 2 amide bonds. The van der Waals surface area contributed by atoms with Crippen molar-refractivity contribution in [3.05, 3.63) is 53.1 Å². The second kappa shape index (κ2) is 8.89. The molecule has 2 aromatic rings. The van der Waals surface area contributed by atoms with Crippen LogP contribution in [0, 0.1) is 11.7 Å². The van der Waals surface area contributed by atoms with Gasteiger partial charge in [-0.1, -0.05) is 13.8 Å². The number of nitrogens with zero attached hydrogens (tertiary/aromatic N) is 2. The van der Waals surface area contributed by atoms with Crippen molar-refractivity contribution < 1.29 is 14.0 Å². The van der Waals surface area contributed by atoms with Crippen LogP contribution in [0.4, 0.5) is 10.3 Å². The summed E-state index contributed by atoms with van der Waals surface area (Å²) in [7, 11) is 0. The first-order chi connectivity index (χ1) is 12.3. The largest absolute Gasteiger partial charge is 0.368 e. The Hall–Kier alpha value is -3.03. The number of halogens is 1. The smallest absolute Gasteiger partial charge is 0.270 e. The fourth-order valence-electron chi connectivity index (χ4n) is 2.30. The van der Waals surface area contributed by atoms with Crippen molar-refractivity contribution in [3.8, 4) is 0 Å². The van der Waals surface area contributed by atoms with Crippen molar-refractivity contribution in [1.82, 2.24) is 20.6 Å². The lowest BCUT2D eigenvalue weighted by Gasteiger charge is -2.09. The van der Waals surface area contributed by atoms with Crippen LogP contribution in [0.3, 0.4) is 0 Å². The topological polar surface area (TPSA) is 110 Å². The van der Waals surface area contributed by atoms with Crippen molar-refractivity contribution in [2.45, 2.75) is 20.3 Å². The van der Waals surface area contributed by atoms with Crippen molar-refractivity contribution in [3.63, 3.8) is 0 Å². The van der Waals surface area contributed by atoms with Crippen molar-refractivity contribution in [2.24, 2.45) is 5.92 Å². The van der Waals surface area contributed by atoms with Gasteiger partial charge < -0.3 is 16.4 Å². The van der Waals surface area contributed by atoms with Gasteiger partial charge in [-0.15, -0.1) is 0 Å². The number of nitrogen functional groups attached to an aromatic ring is 1. The zero-order chi connectivity index (χ0) is 19.1. The fourth-order valence-corrected chi connectivity index (χ4v) is 2.30. The molecule has 0 aliphatic heterocycles. The third-order valence-corrected chi connectivity index (χ3v) is 3.45. The molecule has 1 heterocycles. The maximum absolute atomic E-state index is 12.8. The number of hydrogen-bond acceptors (Lipinski definition) is 5. The molecule has 0 aliphatic carbocycles. The van der Waals surface area contributed by atoms with Gasteiger partial charge in [0, 0.05) is 24.3 Å². The molecule has 0 saturated heterocycles. The minimum atomic E-state index is -0.408. The minimum Gasteiger partial charge on any atom is -0.368 e. The Morgan fingerprint density at radius 2 is 1.69 bits per heavy atom. The lowest BCUT2D eigenvalue weighted by Crippen LogP contribution is -2.35. The molecular weight excluding hydrogens is 337 g/mol. The van der Waals surface area contributed by atoms with Gasteiger partial charge in [0.25, 0.3) is 11.8 Å². The Balaban J connectivity index is 1.84. The molecule has 8 heteroatoms. The molecule has 0 spiro atoms. The molecule has 1 aromatic heterocycles. The van der Waals surface area contributed by atoms with Gasteiger partial charge in [-0.25, -0.2) is 14.4 Å². The number of nitrogens with two attached hydrogens (primary N) is 1. The summed E-state index contributed by atoms with van der Waals surface area (Å²) in [6.45, 7) is 4.53. The predicted molar refractivity (Wildman–Crippen MR) is 96.1 cm³/mol. The second-order valence-corrected chi connectivity index (χ2v) is 6.22. The third kappa shape index (κ3) is 5.80. The summed E-state index contributed by atoms with van der Waals surface area (Å²) in [6.07, 6.45) is 0.695. The van der Waals surface area contributed by atoms with E-state index in [0.717, 1.165) is 0 Å². The lowest BCUT2D eigenvalue weighted by molar-refractivity contribution is 0.0925. The monoisotopic (exact) mass is 359 g/mol. The first-order valence-electron chi connectivity index (χ1n) is 8.30. The van der Waals surface area contributed by atoms with E-state index in [1.807, 2.05) is 13.8 Å². The Kier molecular flexibility index (Phi) is 6.60. The minimum absolute atomic E-state index is 0.0536. The molecule has 4 N–H and O–H groups in total. The van der Waals surface area contributed by atoms with Crippen LogP contribution in [0.2, 0.25) is 0 Å². The molecule has 2 rings (SSSR count). The van der Waals surface area contributed by atoms with Crippen molar-refractivity contribution >= 4 is 17.8 Å². The van der Waals surface area contributed by atoms with Crippen LogP contribution in [0.5, 0.6) is 0 Å². The molecule has 0 bridgehead atoms. The summed E-state index contributed by atoms with van der Waals surface area (Å²) in [6, 6.07) is 6.82. The number of amides is 2. The lowest BCUT2D eigenvalue weighted by atomic mass is 10.1. The molecule has 138 valence electrons. The normalized spacial score (nSPS) is 10.6. The number of hydrogen-bond donors (Lipinski definition) is 3. The summed E-state index contributed by atoms with van der Waals surface area (Å²) >= 11 is 0. The summed E-state index contributed by atoms with van der Waals surface area (Å²) in [5.74, 6) is -0.709. The first-order valence-corrected chi connectivity index (χ1v) is 8.30. The number of anilines is 1. The predicted octanol–water partition coefficient (Wildman–Crippen LogP) is 1.56. The molecule has 0 fully saturated rings. The number of carbonyl (C=O) groups is 2. The zero-order valence-corrected chi connectivity index (χ0v) is 14.8. The van der Waals surface area contributed by atoms with Gasteiger partial charge in [-0.3, -0.25) is 9.59 Å². The third-order valence-electron chi connectivity index (χ3n) is 3.45. The van der Waals surface area contributed by atoms with E-state index in [4.69, 9.17) is 5.73 Å². The average Bonchev–Trinajstić information content (AvgIpc) is 2.57. The van der Waals surface area contributed by atoms with E-state index in [2.05, 4.69) is 20.6 Å². The molecule has 0 aliphatic rings. The summed E-state index contributed by atoms with van der Waals surface area (Å²) in [5.41, 5.74) is 6.91. The van der Waals surface area contributed by atoms with E-state index in [1.54, 1.807) is 6.07 Å². The highest BCUT2D eigenvalue weighted by atomic mass is 19.1. The van der Waals surface area contributed by atoms with Gasteiger partial charge in [-0.05, 0) is 42.7 Å². The standard InChI is InChI=1S/C18H22FN5O2/c1-11(2)9-14-10-15(24-18(20)23-14)17(26)22-8-7-21-16(25)12-3-5-13(19)6-4-12/h3-6,10-11H,7-9H2,1-2H3,(H,21,25)(H,22,26)(H2,20,23,24). The summed E-state index contributed by atoms with van der Waals surface area (Å²) < 4.78 is 12.8. The van der Waals surface area contributed by atoms with E-state index in [0.29, 0.717) is 23.6 Å². The number of aromatic nitrogens is 2. The Morgan fingerprint density at radius 1 is 1.08 bits per heavy atom. The van der Waals surface area contributed by atoms with Crippen LogP contribution < -0.4 is 16.4 Å². The van der Waals surface area contributed by atoms with Crippen LogP contribution in [0.15, 0.2) is 30.3 Å². The zero-order valence-electron chi connectivity index (χ0n) is 14.8. The summed E-state index contributed by atoms with van der Waals surface area (Å²) in [4.78, 5) is 32.1. The van der Waals surface area contributed by atoms with E-state index in [-0.39, 0.29) is 36.5 Å². The molecule has 26 heavy (non-hydrogen) atoms. The van der Waals surface area contributed by atoms with Crippen molar-refractivity contribution in [2.75, 3.05) is 18.8 Å². The van der Waals surface area contributed by atoms with Gasteiger partial charge in [0.2, 0.25) is 5.95 Å². The van der Waals surface area contributed by atoms with Gasteiger partial charge in [0.15, 0.2) is 0 Å². The highest BCUT2D eigenvalue weighted by molar-refractivity contribution is 5.94. The SMILES string of the molecule is CC(C)Cc1cc(C(=O)NCCNC(=O)c2ccc(F)cc2)nc(N)n1. The first kappa shape index (κ1) is 19.3. The van der Waals surface area contributed by atoms with Gasteiger partial charge in [0.1, 0.15) is 11.5 Å². The van der Waals surface area contributed by atoms with E-state index in [9.17, 15) is 14.0 Å². The number of rotatable bonds is 7. The Bertz CT molecular complexity index is 778. The molecule has 0 atom stereocenters. The van der Waals surface area contributed by atoms with Crippen LogP contribution in [-0.2, 0) is 6.42 Å². The maximum atomic E-state index is 12.8. The van der Waals surface area contributed by atoms with Crippen LogP contribution in [-0.4, -0.2) is 34.9 Å². The Labute approximate surface area is 151 Å². The maximum Gasteiger partial charge on any atom is 0.270 e. The molecule has 7 nitrogen and oxygen atoms in total. The average molecular weight is 359 g/mol. The Morgan fingerprint density at radius 3 is 2.31 bits per heavy atom. The molecule has 0 radical (unpaired) electrons. The van der Waals surface area contributed by atoms with Crippen LogP contribution >= 0.6 is 0 Å². The highest BCUT2D eigenvalue weighted by Gasteiger charge is 2.12. The number of nitrogens with one attached hydrogen (secondary N) is 2. The fraction of sp³-hybridized carbons (Fsp3) is 0.333. The molecular formula is C18H22FN5O2. The van der Waals surface area contributed by atoms with Crippen LogP contribution in [0.1, 0.15) is 40.4 Å². The molecule has 1 aromatic carbocycles. The number of benzene rings is 1. The van der Waals surface area contributed by atoms with Crippen LogP contribution in [0.25, 0.3) is 0 Å². The highest BCUT2D eigenvalue weighted by Crippen LogP contribution is 2.09. The quantitative estimate of drug-likeness (QED) is 0.650. The van der Waals surface area contributed by atoms with Gasteiger partial charge >= 0.3 is 0 Å². The number of carbonyl (C=O) groups excluding carboxylic acids is 2. The molecule has 0 saturated carbocycles. The summed E-state index contributed by atoms with van der Waals surface area (Å²) in [5, 5.41) is 5.30. The van der Waals surface area contributed by atoms with E-state index >= 15 is 0 Å².